The Hall–Kier alpha value is -1.24. The number of thioether (sulfide) groups is 1. The minimum Gasteiger partial charge on any atom is -0.481 e. The van der Waals surface area contributed by atoms with Crippen molar-refractivity contribution in [2.24, 2.45) is 0 Å². The van der Waals surface area contributed by atoms with Crippen LogP contribution in [0, 0.1) is 0 Å². The van der Waals surface area contributed by atoms with Gasteiger partial charge in [-0.05, 0) is 6.26 Å². The Morgan fingerprint density at radius 3 is 2.29 bits per heavy atom. The summed E-state index contributed by atoms with van der Waals surface area (Å²) in [6, 6.07) is -1.35. The van der Waals surface area contributed by atoms with Gasteiger partial charge in [-0.2, -0.15) is 11.8 Å². The molecule has 0 heterocycles. The zero-order chi connectivity index (χ0) is 11.1. The van der Waals surface area contributed by atoms with Crippen LogP contribution in [0.5, 0.6) is 0 Å². The molecular formula is C7H11NO5S. The lowest BCUT2D eigenvalue weighted by Gasteiger charge is -2.11. The lowest BCUT2D eigenvalue weighted by atomic mass is 10.2. The summed E-state index contributed by atoms with van der Waals surface area (Å²) >= 11 is 1.23. The fourth-order valence-electron chi connectivity index (χ4n) is 0.742. The number of carbonyl (C=O) groups excluding carboxylic acids is 1. The molecule has 1 atom stereocenters. The standard InChI is InChI=1S/C7H11NO5S/c1-14-3-5(9)8-4(7(12)13)2-6(10)11/h4H,2-3H2,1H3,(H,8,9)(H,10,11)(H,12,13)/t4-/m0/s1. The summed E-state index contributed by atoms with van der Waals surface area (Å²) < 4.78 is 0. The minimum absolute atomic E-state index is 0.114. The number of carboxylic acids is 2. The molecule has 0 saturated heterocycles. The summed E-state index contributed by atoms with van der Waals surface area (Å²) in [5.41, 5.74) is 0. The number of carbonyl (C=O) groups is 3. The van der Waals surface area contributed by atoms with Crippen molar-refractivity contribution in [3.05, 3.63) is 0 Å². The Morgan fingerprint density at radius 1 is 1.36 bits per heavy atom. The highest BCUT2D eigenvalue weighted by atomic mass is 32.2. The first-order valence-electron chi connectivity index (χ1n) is 3.70. The molecule has 1 amide bonds. The molecule has 3 N–H and O–H groups in total. The van der Waals surface area contributed by atoms with E-state index >= 15 is 0 Å². The van der Waals surface area contributed by atoms with Crippen molar-refractivity contribution in [2.45, 2.75) is 12.5 Å². The maximum atomic E-state index is 11.0. The molecular weight excluding hydrogens is 210 g/mol. The molecule has 0 aliphatic heterocycles. The van der Waals surface area contributed by atoms with Crippen LogP contribution in [-0.2, 0) is 14.4 Å². The Bertz CT molecular complexity index is 242. The molecule has 0 unspecified atom stereocenters. The van der Waals surface area contributed by atoms with Crippen LogP contribution in [0.15, 0.2) is 0 Å². The van der Waals surface area contributed by atoms with Crippen molar-refractivity contribution in [3.63, 3.8) is 0 Å². The average Bonchev–Trinajstić information content (AvgIpc) is 2.02. The van der Waals surface area contributed by atoms with E-state index in [1.54, 1.807) is 6.26 Å². The van der Waals surface area contributed by atoms with E-state index in [4.69, 9.17) is 10.2 Å². The van der Waals surface area contributed by atoms with E-state index in [2.05, 4.69) is 5.32 Å². The van der Waals surface area contributed by atoms with Crippen molar-refractivity contribution >= 4 is 29.6 Å². The number of hydrogen-bond acceptors (Lipinski definition) is 4. The van der Waals surface area contributed by atoms with Crippen LogP contribution in [0.3, 0.4) is 0 Å². The predicted molar refractivity (Wildman–Crippen MR) is 50.2 cm³/mol. The van der Waals surface area contributed by atoms with E-state index in [9.17, 15) is 14.4 Å². The van der Waals surface area contributed by atoms with Crippen molar-refractivity contribution in [3.8, 4) is 0 Å². The third-order valence-electron chi connectivity index (χ3n) is 1.29. The second-order valence-corrected chi connectivity index (χ2v) is 3.36. The van der Waals surface area contributed by atoms with Crippen LogP contribution in [-0.4, -0.2) is 46.1 Å². The molecule has 0 aliphatic carbocycles. The van der Waals surface area contributed by atoms with Crippen molar-refractivity contribution in [1.29, 1.82) is 0 Å². The third kappa shape index (κ3) is 5.41. The smallest absolute Gasteiger partial charge is 0.326 e. The normalized spacial score (nSPS) is 11.8. The minimum atomic E-state index is -1.35. The number of amides is 1. The van der Waals surface area contributed by atoms with Gasteiger partial charge in [0, 0.05) is 0 Å². The molecule has 0 saturated carbocycles. The van der Waals surface area contributed by atoms with Gasteiger partial charge < -0.3 is 15.5 Å². The van der Waals surface area contributed by atoms with E-state index in [1.165, 1.54) is 11.8 Å². The average molecular weight is 221 g/mol. The number of aliphatic carboxylic acids is 2. The molecule has 14 heavy (non-hydrogen) atoms. The van der Waals surface area contributed by atoms with Gasteiger partial charge in [-0.1, -0.05) is 0 Å². The van der Waals surface area contributed by atoms with Gasteiger partial charge in [-0.25, -0.2) is 4.79 Å². The topological polar surface area (TPSA) is 104 Å². The van der Waals surface area contributed by atoms with Crippen molar-refractivity contribution < 1.29 is 24.6 Å². The van der Waals surface area contributed by atoms with E-state index < -0.39 is 30.3 Å². The van der Waals surface area contributed by atoms with Gasteiger partial charge in [0.05, 0.1) is 12.2 Å². The number of carboxylic acid groups (broad SMARTS) is 2. The first-order valence-corrected chi connectivity index (χ1v) is 5.09. The molecule has 0 rings (SSSR count). The second-order valence-electron chi connectivity index (χ2n) is 2.49. The van der Waals surface area contributed by atoms with Crippen LogP contribution in [0.2, 0.25) is 0 Å². The van der Waals surface area contributed by atoms with Crippen LogP contribution in [0.25, 0.3) is 0 Å². The van der Waals surface area contributed by atoms with Crippen LogP contribution in [0.4, 0.5) is 0 Å². The monoisotopic (exact) mass is 221 g/mol. The van der Waals surface area contributed by atoms with Crippen molar-refractivity contribution in [2.75, 3.05) is 12.0 Å². The SMILES string of the molecule is CSCC(=O)N[C@@H](CC(=O)O)C(=O)O. The maximum Gasteiger partial charge on any atom is 0.326 e. The van der Waals surface area contributed by atoms with E-state index in [0.29, 0.717) is 0 Å². The highest BCUT2D eigenvalue weighted by Crippen LogP contribution is 1.95. The molecule has 0 aliphatic rings. The lowest BCUT2D eigenvalue weighted by molar-refractivity contribution is -0.147. The Balaban J connectivity index is 4.16. The Labute approximate surface area is 84.7 Å². The first kappa shape index (κ1) is 12.8. The van der Waals surface area contributed by atoms with Crippen molar-refractivity contribution in [1.82, 2.24) is 5.32 Å². The van der Waals surface area contributed by atoms with Crippen LogP contribution >= 0.6 is 11.8 Å². The van der Waals surface area contributed by atoms with Gasteiger partial charge in [0.1, 0.15) is 6.04 Å². The molecule has 6 nitrogen and oxygen atoms in total. The van der Waals surface area contributed by atoms with E-state index in [1.807, 2.05) is 0 Å². The van der Waals surface area contributed by atoms with Gasteiger partial charge in [0.25, 0.3) is 0 Å². The lowest BCUT2D eigenvalue weighted by Crippen LogP contribution is -2.42. The summed E-state index contributed by atoms with van der Waals surface area (Å²) in [5, 5.41) is 19.0. The summed E-state index contributed by atoms with van der Waals surface area (Å²) in [6.45, 7) is 0. The molecule has 7 heteroatoms. The van der Waals surface area contributed by atoms with E-state index in [-0.39, 0.29) is 5.75 Å². The van der Waals surface area contributed by atoms with Gasteiger partial charge >= 0.3 is 11.9 Å². The number of rotatable bonds is 6. The Morgan fingerprint density at radius 2 is 1.93 bits per heavy atom. The predicted octanol–water partition coefficient (Wildman–Crippen LogP) is -0.606. The molecule has 0 fully saturated rings. The summed E-state index contributed by atoms with van der Waals surface area (Å²) in [7, 11) is 0. The van der Waals surface area contributed by atoms with Gasteiger partial charge in [0.15, 0.2) is 0 Å². The largest absolute Gasteiger partial charge is 0.481 e. The number of hydrogen-bond donors (Lipinski definition) is 3. The zero-order valence-corrected chi connectivity index (χ0v) is 8.34. The van der Waals surface area contributed by atoms with Gasteiger partial charge in [-0.3, -0.25) is 9.59 Å². The molecule has 0 radical (unpaired) electrons. The zero-order valence-electron chi connectivity index (χ0n) is 7.52. The molecule has 80 valence electrons. The Kier molecular flexibility index (Phi) is 5.70. The van der Waals surface area contributed by atoms with Crippen LogP contribution in [0.1, 0.15) is 6.42 Å². The summed E-state index contributed by atoms with van der Waals surface area (Å²) in [5.74, 6) is -2.97. The highest BCUT2D eigenvalue weighted by molar-refractivity contribution is 7.99. The summed E-state index contributed by atoms with van der Waals surface area (Å²) in [4.78, 5) is 31.7. The van der Waals surface area contributed by atoms with Crippen LogP contribution < -0.4 is 5.32 Å². The number of nitrogens with one attached hydrogen (secondary N) is 1. The maximum absolute atomic E-state index is 11.0. The van der Waals surface area contributed by atoms with E-state index in [0.717, 1.165) is 0 Å². The van der Waals surface area contributed by atoms with Gasteiger partial charge in [0.2, 0.25) is 5.91 Å². The fourth-order valence-corrected chi connectivity index (χ4v) is 1.09. The molecule has 0 bridgehead atoms. The third-order valence-corrected chi connectivity index (χ3v) is 1.84. The summed E-state index contributed by atoms with van der Waals surface area (Å²) in [6.07, 6.45) is 1.07. The molecule has 0 aromatic carbocycles. The van der Waals surface area contributed by atoms with Gasteiger partial charge in [-0.15, -0.1) is 0 Å². The molecule has 0 aromatic heterocycles. The second kappa shape index (κ2) is 6.25. The highest BCUT2D eigenvalue weighted by Gasteiger charge is 2.22. The quantitative estimate of drug-likeness (QED) is 0.553. The molecule has 0 aromatic rings. The molecule has 0 spiro atoms. The fraction of sp³-hybridized carbons (Fsp3) is 0.571. The first-order chi connectivity index (χ1) is 6.47.